The van der Waals surface area contributed by atoms with Gasteiger partial charge in [-0.2, -0.15) is 0 Å². The number of imidazole rings is 1. The number of amides is 3. The molecule has 0 aliphatic carbocycles. The molecule has 2 aromatic carbocycles. The lowest BCUT2D eigenvalue weighted by Gasteiger charge is -2.19. The van der Waals surface area contributed by atoms with Gasteiger partial charge in [0.1, 0.15) is 23.5 Å². The summed E-state index contributed by atoms with van der Waals surface area (Å²) in [4.78, 5) is 28.0. The van der Waals surface area contributed by atoms with Crippen molar-refractivity contribution >= 4 is 17.6 Å². The molecular weight excluding hydrogens is 368 g/mol. The quantitative estimate of drug-likeness (QED) is 0.629. The van der Waals surface area contributed by atoms with Crippen molar-refractivity contribution in [3.05, 3.63) is 83.4 Å². The van der Waals surface area contributed by atoms with Crippen molar-refractivity contribution in [3.63, 3.8) is 0 Å². The molecule has 9 heteroatoms. The van der Waals surface area contributed by atoms with Crippen LogP contribution in [-0.2, 0) is 7.05 Å². The van der Waals surface area contributed by atoms with Crippen LogP contribution >= 0.6 is 0 Å². The Morgan fingerprint density at radius 2 is 1.86 bits per heavy atom. The van der Waals surface area contributed by atoms with Gasteiger partial charge in [0, 0.05) is 25.1 Å². The average molecular weight is 385 g/mol. The SMILES string of the molecule is Cn1ccnc1C(NC(=O)Nc1ccc(F)c(C(N)=O)c1)c1ccc(F)cc1. The predicted molar refractivity (Wildman–Crippen MR) is 98.5 cm³/mol. The van der Waals surface area contributed by atoms with E-state index in [-0.39, 0.29) is 11.3 Å². The van der Waals surface area contributed by atoms with E-state index in [1.807, 2.05) is 0 Å². The number of hydrogen-bond donors (Lipinski definition) is 3. The molecule has 0 fully saturated rings. The lowest BCUT2D eigenvalue weighted by atomic mass is 10.1. The summed E-state index contributed by atoms with van der Waals surface area (Å²) in [5.41, 5.74) is 5.58. The number of carbonyl (C=O) groups is 2. The number of anilines is 1. The number of rotatable bonds is 5. The zero-order chi connectivity index (χ0) is 20.3. The molecule has 28 heavy (non-hydrogen) atoms. The smallest absolute Gasteiger partial charge is 0.320 e. The predicted octanol–water partition coefficient (Wildman–Crippen LogP) is 2.71. The molecule has 3 amide bonds. The van der Waals surface area contributed by atoms with E-state index in [9.17, 15) is 18.4 Å². The summed E-state index contributed by atoms with van der Waals surface area (Å²) in [6.45, 7) is 0. The van der Waals surface area contributed by atoms with E-state index in [0.717, 1.165) is 12.1 Å². The van der Waals surface area contributed by atoms with Gasteiger partial charge in [-0.05, 0) is 35.9 Å². The summed E-state index contributed by atoms with van der Waals surface area (Å²) in [5, 5.41) is 5.26. The second-order valence-electron chi connectivity index (χ2n) is 6.04. The van der Waals surface area contributed by atoms with Crippen molar-refractivity contribution in [2.45, 2.75) is 6.04 Å². The van der Waals surface area contributed by atoms with Crippen LogP contribution in [0.1, 0.15) is 27.8 Å². The van der Waals surface area contributed by atoms with Gasteiger partial charge in [0.05, 0.1) is 5.56 Å². The second-order valence-corrected chi connectivity index (χ2v) is 6.04. The molecule has 1 aromatic heterocycles. The first kappa shape index (κ1) is 19.0. The summed E-state index contributed by atoms with van der Waals surface area (Å²) in [6, 6.07) is 7.83. The summed E-state index contributed by atoms with van der Waals surface area (Å²) in [5.74, 6) is -1.61. The van der Waals surface area contributed by atoms with E-state index in [1.54, 1.807) is 24.0 Å². The molecule has 0 saturated carbocycles. The molecule has 144 valence electrons. The number of primary amides is 1. The van der Waals surface area contributed by atoms with Gasteiger partial charge in [-0.1, -0.05) is 12.1 Å². The maximum absolute atomic E-state index is 13.6. The second kappa shape index (κ2) is 7.87. The van der Waals surface area contributed by atoms with E-state index in [1.165, 1.54) is 30.3 Å². The van der Waals surface area contributed by atoms with Gasteiger partial charge < -0.3 is 20.9 Å². The zero-order valence-corrected chi connectivity index (χ0v) is 14.8. The number of aromatic nitrogens is 2. The standard InChI is InChI=1S/C19H17F2N5O2/c1-26-9-8-23-18(26)16(11-2-4-12(20)5-3-11)25-19(28)24-13-6-7-15(21)14(10-13)17(22)27/h2-10,16H,1H3,(H2,22,27)(H2,24,25,28). The molecule has 4 N–H and O–H groups in total. The number of urea groups is 1. The zero-order valence-electron chi connectivity index (χ0n) is 14.8. The maximum Gasteiger partial charge on any atom is 0.320 e. The number of aryl methyl sites for hydroxylation is 1. The van der Waals surface area contributed by atoms with Gasteiger partial charge in [0.15, 0.2) is 0 Å². The molecule has 0 aliphatic heterocycles. The van der Waals surface area contributed by atoms with Crippen LogP contribution in [0, 0.1) is 11.6 Å². The Morgan fingerprint density at radius 3 is 2.46 bits per heavy atom. The normalized spacial score (nSPS) is 11.7. The molecule has 3 aromatic rings. The van der Waals surface area contributed by atoms with Crippen molar-refractivity contribution in [3.8, 4) is 0 Å². The van der Waals surface area contributed by atoms with Crippen molar-refractivity contribution in [1.29, 1.82) is 0 Å². The Bertz CT molecular complexity index is 1020. The van der Waals surface area contributed by atoms with Crippen molar-refractivity contribution in [1.82, 2.24) is 14.9 Å². The monoisotopic (exact) mass is 385 g/mol. The van der Waals surface area contributed by atoms with E-state index in [4.69, 9.17) is 5.73 Å². The molecule has 1 heterocycles. The summed E-state index contributed by atoms with van der Waals surface area (Å²) in [6.07, 6.45) is 3.29. The fraction of sp³-hybridized carbons (Fsp3) is 0.105. The fourth-order valence-corrected chi connectivity index (χ4v) is 2.70. The van der Waals surface area contributed by atoms with Crippen LogP contribution in [0.25, 0.3) is 0 Å². The van der Waals surface area contributed by atoms with Gasteiger partial charge in [-0.3, -0.25) is 4.79 Å². The van der Waals surface area contributed by atoms with Gasteiger partial charge in [-0.15, -0.1) is 0 Å². The minimum Gasteiger partial charge on any atom is -0.366 e. The summed E-state index contributed by atoms with van der Waals surface area (Å²) < 4.78 is 28.6. The summed E-state index contributed by atoms with van der Waals surface area (Å²) in [7, 11) is 1.76. The molecule has 0 bridgehead atoms. The Hall–Kier alpha value is -3.75. The van der Waals surface area contributed by atoms with Crippen LogP contribution in [0.2, 0.25) is 0 Å². The molecule has 0 radical (unpaired) electrons. The Labute approximate surface area is 159 Å². The molecule has 0 aliphatic rings. The van der Waals surface area contributed by atoms with Gasteiger partial charge in [0.25, 0.3) is 5.91 Å². The minimum absolute atomic E-state index is 0.186. The number of nitrogens with one attached hydrogen (secondary N) is 2. The third kappa shape index (κ3) is 4.14. The van der Waals surface area contributed by atoms with E-state index in [0.29, 0.717) is 11.4 Å². The topological polar surface area (TPSA) is 102 Å². The first-order valence-electron chi connectivity index (χ1n) is 8.24. The Kier molecular flexibility index (Phi) is 5.35. The molecule has 1 unspecified atom stereocenters. The Morgan fingerprint density at radius 1 is 1.14 bits per heavy atom. The van der Waals surface area contributed by atoms with Crippen LogP contribution < -0.4 is 16.4 Å². The third-order valence-electron chi connectivity index (χ3n) is 4.09. The first-order chi connectivity index (χ1) is 13.3. The number of carbonyl (C=O) groups excluding carboxylic acids is 2. The van der Waals surface area contributed by atoms with Crippen LogP contribution in [0.3, 0.4) is 0 Å². The number of hydrogen-bond acceptors (Lipinski definition) is 3. The maximum atomic E-state index is 13.6. The van der Waals surface area contributed by atoms with Crippen LogP contribution in [0.5, 0.6) is 0 Å². The van der Waals surface area contributed by atoms with E-state index >= 15 is 0 Å². The van der Waals surface area contributed by atoms with Crippen molar-refractivity contribution in [2.75, 3.05) is 5.32 Å². The number of benzene rings is 2. The van der Waals surface area contributed by atoms with Crippen molar-refractivity contribution in [2.24, 2.45) is 12.8 Å². The lowest BCUT2D eigenvalue weighted by Crippen LogP contribution is -2.34. The van der Waals surface area contributed by atoms with Crippen molar-refractivity contribution < 1.29 is 18.4 Å². The molecule has 0 saturated heterocycles. The van der Waals surface area contributed by atoms with Crippen LogP contribution in [-0.4, -0.2) is 21.5 Å². The Balaban J connectivity index is 1.84. The molecule has 0 spiro atoms. The third-order valence-corrected chi connectivity index (χ3v) is 4.09. The number of halogens is 2. The molecular formula is C19H17F2N5O2. The summed E-state index contributed by atoms with van der Waals surface area (Å²) >= 11 is 0. The van der Waals surface area contributed by atoms with Gasteiger partial charge in [-0.25, -0.2) is 18.6 Å². The molecule has 1 atom stereocenters. The molecule has 3 rings (SSSR count). The highest BCUT2D eigenvalue weighted by atomic mass is 19.1. The first-order valence-corrected chi connectivity index (χ1v) is 8.24. The highest BCUT2D eigenvalue weighted by molar-refractivity contribution is 5.96. The highest BCUT2D eigenvalue weighted by Crippen LogP contribution is 2.21. The van der Waals surface area contributed by atoms with Crippen LogP contribution in [0.4, 0.5) is 19.3 Å². The lowest BCUT2D eigenvalue weighted by molar-refractivity contribution is 0.0996. The fourth-order valence-electron chi connectivity index (χ4n) is 2.70. The van der Waals surface area contributed by atoms with Crippen LogP contribution in [0.15, 0.2) is 54.9 Å². The van der Waals surface area contributed by atoms with Gasteiger partial charge in [0.2, 0.25) is 0 Å². The number of nitrogens with zero attached hydrogens (tertiary/aromatic N) is 2. The number of nitrogens with two attached hydrogens (primary N) is 1. The average Bonchev–Trinajstić information content (AvgIpc) is 3.07. The van der Waals surface area contributed by atoms with E-state index in [2.05, 4.69) is 15.6 Å². The largest absolute Gasteiger partial charge is 0.366 e. The highest BCUT2D eigenvalue weighted by Gasteiger charge is 2.21. The molecule has 7 nitrogen and oxygen atoms in total. The van der Waals surface area contributed by atoms with Gasteiger partial charge >= 0.3 is 6.03 Å². The minimum atomic E-state index is -0.946. The van der Waals surface area contributed by atoms with E-state index < -0.39 is 29.6 Å².